The molecule has 3 rings (SSSR count). The van der Waals surface area contributed by atoms with Gasteiger partial charge in [-0.3, -0.25) is 0 Å². The van der Waals surface area contributed by atoms with Gasteiger partial charge in [0, 0.05) is 10.4 Å². The summed E-state index contributed by atoms with van der Waals surface area (Å²) in [6.07, 6.45) is 2.09. The molecule has 1 aliphatic rings. The Labute approximate surface area is 112 Å². The fourth-order valence-electron chi connectivity index (χ4n) is 1.82. The maximum Gasteiger partial charge on any atom is 0.375 e. The fraction of sp³-hybridized carbons (Fsp3) is 0.250. The van der Waals surface area contributed by atoms with Crippen LogP contribution in [-0.4, -0.2) is 25.8 Å². The van der Waals surface area contributed by atoms with E-state index < -0.39 is 5.97 Å². The second-order valence-electron chi connectivity index (χ2n) is 4.26. The molecule has 1 heterocycles. The minimum atomic E-state index is -1.09. The standard InChI is InChI=1S/C12H10BrN3O2/c13-8-2-1-3-9(6-8)16-11(7-4-5-7)14-10(15-16)12(17)18/h1-3,6-7H,4-5H2,(H,17,18). The quantitative estimate of drug-likeness (QED) is 0.946. The van der Waals surface area contributed by atoms with E-state index in [1.54, 1.807) is 4.68 Å². The van der Waals surface area contributed by atoms with Crippen LogP contribution in [0.3, 0.4) is 0 Å². The Kier molecular flexibility index (Phi) is 2.66. The first kappa shape index (κ1) is 11.4. The summed E-state index contributed by atoms with van der Waals surface area (Å²) in [4.78, 5) is 15.1. The number of carboxylic acid groups (broad SMARTS) is 1. The molecule has 1 saturated carbocycles. The van der Waals surface area contributed by atoms with E-state index in [1.807, 2.05) is 24.3 Å². The Bertz CT molecular complexity index is 620. The average Bonchev–Trinajstić information content (AvgIpc) is 3.07. The number of halogens is 1. The number of aromatic nitrogens is 3. The highest BCUT2D eigenvalue weighted by molar-refractivity contribution is 9.10. The van der Waals surface area contributed by atoms with E-state index in [4.69, 9.17) is 5.11 Å². The molecule has 0 unspecified atom stereocenters. The van der Waals surface area contributed by atoms with Gasteiger partial charge in [0.05, 0.1) is 5.69 Å². The summed E-state index contributed by atoms with van der Waals surface area (Å²) in [5.41, 5.74) is 0.825. The van der Waals surface area contributed by atoms with Crippen LogP contribution in [0, 0.1) is 0 Å². The van der Waals surface area contributed by atoms with Crippen LogP contribution in [0.5, 0.6) is 0 Å². The number of nitrogens with zero attached hydrogens (tertiary/aromatic N) is 3. The molecule has 18 heavy (non-hydrogen) atoms. The average molecular weight is 308 g/mol. The lowest BCUT2D eigenvalue weighted by Crippen LogP contribution is -2.03. The van der Waals surface area contributed by atoms with Crippen LogP contribution in [0.15, 0.2) is 28.7 Å². The number of carboxylic acids is 1. The molecule has 0 aliphatic heterocycles. The molecule has 0 saturated heterocycles. The number of hydrogen-bond donors (Lipinski definition) is 1. The first-order chi connectivity index (χ1) is 8.65. The zero-order valence-electron chi connectivity index (χ0n) is 9.38. The Balaban J connectivity index is 2.12. The van der Waals surface area contributed by atoms with Gasteiger partial charge in [0.15, 0.2) is 0 Å². The monoisotopic (exact) mass is 307 g/mol. The second kappa shape index (κ2) is 4.20. The van der Waals surface area contributed by atoms with E-state index in [9.17, 15) is 4.79 Å². The minimum Gasteiger partial charge on any atom is -0.475 e. The maximum atomic E-state index is 11.0. The summed E-state index contributed by atoms with van der Waals surface area (Å²) in [7, 11) is 0. The zero-order valence-corrected chi connectivity index (χ0v) is 11.0. The van der Waals surface area contributed by atoms with Gasteiger partial charge in [0.25, 0.3) is 5.82 Å². The third-order valence-corrected chi connectivity index (χ3v) is 3.31. The lowest BCUT2D eigenvalue weighted by atomic mass is 10.3. The van der Waals surface area contributed by atoms with Crippen LogP contribution in [0.25, 0.3) is 5.69 Å². The van der Waals surface area contributed by atoms with Crippen molar-refractivity contribution in [1.29, 1.82) is 0 Å². The van der Waals surface area contributed by atoms with Gasteiger partial charge < -0.3 is 5.11 Å². The van der Waals surface area contributed by atoms with E-state index >= 15 is 0 Å². The highest BCUT2D eigenvalue weighted by Crippen LogP contribution is 2.39. The Morgan fingerprint density at radius 3 is 2.83 bits per heavy atom. The smallest absolute Gasteiger partial charge is 0.375 e. The molecule has 6 heteroatoms. The molecule has 1 fully saturated rings. The largest absolute Gasteiger partial charge is 0.475 e. The summed E-state index contributed by atoms with van der Waals surface area (Å²) in [6, 6.07) is 7.58. The van der Waals surface area contributed by atoms with Crippen molar-refractivity contribution in [2.45, 2.75) is 18.8 Å². The molecule has 0 bridgehead atoms. The molecular weight excluding hydrogens is 298 g/mol. The topological polar surface area (TPSA) is 68.0 Å². The SMILES string of the molecule is O=C(O)c1nc(C2CC2)n(-c2cccc(Br)c2)n1. The summed E-state index contributed by atoms with van der Waals surface area (Å²) in [5, 5.41) is 13.0. The van der Waals surface area contributed by atoms with Crippen LogP contribution in [0.1, 0.15) is 35.2 Å². The van der Waals surface area contributed by atoms with Crippen LogP contribution in [0.2, 0.25) is 0 Å². The molecular formula is C12H10BrN3O2. The number of hydrogen-bond acceptors (Lipinski definition) is 3. The highest BCUT2D eigenvalue weighted by atomic mass is 79.9. The van der Waals surface area contributed by atoms with Crippen LogP contribution in [-0.2, 0) is 0 Å². The third kappa shape index (κ3) is 2.03. The maximum absolute atomic E-state index is 11.0. The molecule has 2 aromatic rings. The molecule has 0 radical (unpaired) electrons. The van der Waals surface area contributed by atoms with E-state index in [0.717, 1.165) is 28.8 Å². The van der Waals surface area contributed by atoms with Crippen molar-refractivity contribution >= 4 is 21.9 Å². The van der Waals surface area contributed by atoms with Gasteiger partial charge in [0.2, 0.25) is 0 Å². The van der Waals surface area contributed by atoms with Gasteiger partial charge in [-0.15, -0.1) is 5.10 Å². The summed E-state index contributed by atoms with van der Waals surface area (Å²) in [6.45, 7) is 0. The minimum absolute atomic E-state index is 0.142. The van der Waals surface area contributed by atoms with E-state index in [2.05, 4.69) is 26.0 Å². The Morgan fingerprint density at radius 2 is 2.22 bits per heavy atom. The van der Waals surface area contributed by atoms with Gasteiger partial charge in [-0.25, -0.2) is 14.5 Å². The highest BCUT2D eigenvalue weighted by Gasteiger charge is 2.31. The van der Waals surface area contributed by atoms with Crippen molar-refractivity contribution in [1.82, 2.24) is 14.8 Å². The summed E-state index contributed by atoms with van der Waals surface area (Å²) >= 11 is 3.39. The van der Waals surface area contributed by atoms with Crippen molar-refractivity contribution in [2.24, 2.45) is 0 Å². The van der Waals surface area contributed by atoms with E-state index in [1.165, 1.54) is 0 Å². The van der Waals surface area contributed by atoms with Crippen molar-refractivity contribution in [3.8, 4) is 5.69 Å². The predicted octanol–water partition coefficient (Wildman–Crippen LogP) is 2.61. The fourth-order valence-corrected chi connectivity index (χ4v) is 2.21. The van der Waals surface area contributed by atoms with E-state index in [0.29, 0.717) is 5.92 Å². The number of carbonyl (C=O) groups is 1. The molecule has 1 N–H and O–H groups in total. The summed E-state index contributed by atoms with van der Waals surface area (Å²) < 4.78 is 2.56. The third-order valence-electron chi connectivity index (χ3n) is 2.82. The number of benzene rings is 1. The molecule has 92 valence electrons. The summed E-state index contributed by atoms with van der Waals surface area (Å²) in [5.74, 6) is -0.155. The Hall–Kier alpha value is -1.69. The number of rotatable bonds is 3. The van der Waals surface area contributed by atoms with Crippen molar-refractivity contribution in [3.05, 3.63) is 40.4 Å². The van der Waals surface area contributed by atoms with Crippen LogP contribution in [0.4, 0.5) is 0 Å². The van der Waals surface area contributed by atoms with Crippen molar-refractivity contribution in [2.75, 3.05) is 0 Å². The zero-order chi connectivity index (χ0) is 12.7. The molecule has 0 atom stereocenters. The first-order valence-electron chi connectivity index (χ1n) is 5.61. The van der Waals surface area contributed by atoms with Crippen LogP contribution >= 0.6 is 15.9 Å². The molecule has 0 amide bonds. The van der Waals surface area contributed by atoms with E-state index in [-0.39, 0.29) is 5.82 Å². The van der Waals surface area contributed by atoms with Gasteiger partial charge in [-0.1, -0.05) is 22.0 Å². The number of aromatic carboxylic acids is 1. The van der Waals surface area contributed by atoms with Crippen molar-refractivity contribution in [3.63, 3.8) is 0 Å². The lowest BCUT2D eigenvalue weighted by molar-refractivity contribution is 0.0683. The Morgan fingerprint density at radius 1 is 1.44 bits per heavy atom. The molecule has 1 aromatic heterocycles. The molecule has 0 spiro atoms. The lowest BCUT2D eigenvalue weighted by Gasteiger charge is -2.04. The molecule has 1 aromatic carbocycles. The van der Waals surface area contributed by atoms with Gasteiger partial charge in [-0.2, -0.15) is 0 Å². The van der Waals surface area contributed by atoms with Crippen LogP contribution < -0.4 is 0 Å². The van der Waals surface area contributed by atoms with Gasteiger partial charge >= 0.3 is 5.97 Å². The predicted molar refractivity (Wildman–Crippen MR) is 68.0 cm³/mol. The van der Waals surface area contributed by atoms with Gasteiger partial charge in [-0.05, 0) is 31.0 Å². The van der Waals surface area contributed by atoms with Crippen molar-refractivity contribution < 1.29 is 9.90 Å². The normalized spacial score (nSPS) is 14.7. The second-order valence-corrected chi connectivity index (χ2v) is 5.18. The molecule has 1 aliphatic carbocycles. The van der Waals surface area contributed by atoms with Gasteiger partial charge in [0.1, 0.15) is 5.82 Å². The first-order valence-corrected chi connectivity index (χ1v) is 6.40. The molecule has 5 nitrogen and oxygen atoms in total.